The van der Waals surface area contributed by atoms with Crippen LogP contribution in [0.1, 0.15) is 34.6 Å². The lowest BCUT2D eigenvalue weighted by Crippen LogP contribution is -2.44. The van der Waals surface area contributed by atoms with Gasteiger partial charge in [-0.3, -0.25) is 9.89 Å². The maximum atomic E-state index is 12.7. The molecule has 1 fully saturated rings. The van der Waals surface area contributed by atoms with E-state index in [1.165, 1.54) is 5.56 Å². The van der Waals surface area contributed by atoms with Crippen molar-refractivity contribution in [3.05, 3.63) is 83.7 Å². The maximum absolute atomic E-state index is 12.7. The van der Waals surface area contributed by atoms with E-state index in [2.05, 4.69) is 27.6 Å². The Morgan fingerprint density at radius 3 is 2.48 bits per heavy atom. The maximum Gasteiger partial charge on any atom is 0.271 e. The van der Waals surface area contributed by atoms with Crippen LogP contribution >= 0.6 is 0 Å². The van der Waals surface area contributed by atoms with Crippen LogP contribution in [0, 0.1) is 0 Å². The highest BCUT2D eigenvalue weighted by molar-refractivity contribution is 5.92. The second kappa shape index (κ2) is 8.92. The molecule has 0 radical (unpaired) electrons. The van der Waals surface area contributed by atoms with Gasteiger partial charge in [-0.25, -0.2) is 0 Å². The molecule has 1 aliphatic heterocycles. The molecule has 0 atom stereocenters. The zero-order chi connectivity index (χ0) is 19.9. The topological polar surface area (TPSA) is 76.2 Å². The summed E-state index contributed by atoms with van der Waals surface area (Å²) in [6.07, 6.45) is 1.77. The predicted molar refractivity (Wildman–Crippen MR) is 110 cm³/mol. The predicted octanol–water partition coefficient (Wildman–Crippen LogP) is 3.47. The average molecular weight is 391 g/mol. The molecule has 0 saturated carbocycles. The molecule has 0 bridgehead atoms. The zero-order valence-electron chi connectivity index (χ0n) is 16.3. The van der Waals surface area contributed by atoms with Crippen molar-refractivity contribution in [2.45, 2.75) is 24.9 Å². The molecule has 6 heteroatoms. The number of carbonyl (C=O) groups excluding carboxylic acids is 1. The van der Waals surface area contributed by atoms with Gasteiger partial charge in [-0.2, -0.15) is 5.10 Å². The number of aromatic amines is 1. The smallest absolute Gasteiger partial charge is 0.271 e. The Labute approximate surface area is 170 Å². The van der Waals surface area contributed by atoms with Gasteiger partial charge in [0.15, 0.2) is 0 Å². The number of hydrogen-bond acceptors (Lipinski definition) is 4. The summed E-state index contributed by atoms with van der Waals surface area (Å²) in [6, 6.07) is 21.6. The summed E-state index contributed by atoms with van der Waals surface area (Å²) < 4.78 is 11.3. The summed E-state index contributed by atoms with van der Waals surface area (Å²) in [4.78, 5) is 12.7. The Balaban J connectivity index is 1.38. The van der Waals surface area contributed by atoms with Crippen LogP contribution in [-0.4, -0.2) is 35.9 Å². The number of carbonyl (C=O) groups is 1. The fourth-order valence-electron chi connectivity index (χ4n) is 3.69. The number of aromatic nitrogens is 2. The van der Waals surface area contributed by atoms with Gasteiger partial charge < -0.3 is 14.8 Å². The normalized spacial score (nSPS) is 15.6. The number of nitrogens with zero attached hydrogens (tertiary/aromatic N) is 1. The lowest BCUT2D eigenvalue weighted by atomic mass is 9.74. The molecule has 0 unspecified atom stereocenters. The van der Waals surface area contributed by atoms with Crippen LogP contribution in [0.2, 0.25) is 0 Å². The lowest BCUT2D eigenvalue weighted by Gasteiger charge is -2.37. The van der Waals surface area contributed by atoms with Gasteiger partial charge in [-0.1, -0.05) is 48.5 Å². The third-order valence-electron chi connectivity index (χ3n) is 5.42. The first-order chi connectivity index (χ1) is 14.3. The number of H-pyrrole nitrogens is 1. The van der Waals surface area contributed by atoms with Crippen molar-refractivity contribution < 1.29 is 14.3 Å². The molecule has 2 heterocycles. The molecule has 0 aliphatic carbocycles. The SMILES string of the molecule is O=C(NCC1(c2ccccc2)CCOCC1)c1cc(COc2ccccc2)[nH]n1. The van der Waals surface area contributed by atoms with Crippen LogP contribution in [0.25, 0.3) is 0 Å². The first-order valence-electron chi connectivity index (χ1n) is 9.89. The number of benzene rings is 2. The first-order valence-corrected chi connectivity index (χ1v) is 9.89. The van der Waals surface area contributed by atoms with Crippen molar-refractivity contribution in [1.29, 1.82) is 0 Å². The quantitative estimate of drug-likeness (QED) is 0.647. The van der Waals surface area contributed by atoms with Gasteiger partial charge >= 0.3 is 0 Å². The van der Waals surface area contributed by atoms with Gasteiger partial charge in [0.2, 0.25) is 0 Å². The van der Waals surface area contributed by atoms with Crippen LogP contribution in [0.15, 0.2) is 66.7 Å². The van der Waals surface area contributed by atoms with E-state index in [0.717, 1.165) is 24.3 Å². The van der Waals surface area contributed by atoms with E-state index < -0.39 is 0 Å². The summed E-state index contributed by atoms with van der Waals surface area (Å²) in [5.41, 5.74) is 2.25. The van der Waals surface area contributed by atoms with E-state index in [1.54, 1.807) is 6.07 Å². The van der Waals surface area contributed by atoms with Crippen molar-refractivity contribution in [2.24, 2.45) is 0 Å². The van der Waals surface area contributed by atoms with Crippen molar-refractivity contribution >= 4 is 5.91 Å². The Hall–Kier alpha value is -3.12. The number of nitrogens with one attached hydrogen (secondary N) is 2. The van der Waals surface area contributed by atoms with E-state index in [4.69, 9.17) is 9.47 Å². The van der Waals surface area contributed by atoms with Crippen molar-refractivity contribution in [2.75, 3.05) is 19.8 Å². The summed E-state index contributed by atoms with van der Waals surface area (Å²) in [5, 5.41) is 10.1. The van der Waals surface area contributed by atoms with Gasteiger partial charge in [0.05, 0.1) is 5.69 Å². The van der Waals surface area contributed by atoms with Crippen molar-refractivity contribution in [3.8, 4) is 5.75 Å². The van der Waals surface area contributed by atoms with E-state index >= 15 is 0 Å². The van der Waals surface area contributed by atoms with E-state index in [9.17, 15) is 4.79 Å². The Morgan fingerprint density at radius 2 is 1.76 bits per heavy atom. The van der Waals surface area contributed by atoms with Gasteiger partial charge in [-0.05, 0) is 36.6 Å². The first kappa shape index (κ1) is 19.2. The average Bonchev–Trinajstić information content (AvgIpc) is 3.27. The monoisotopic (exact) mass is 391 g/mol. The second-order valence-corrected chi connectivity index (χ2v) is 7.32. The second-order valence-electron chi connectivity index (χ2n) is 7.32. The molecule has 1 aliphatic rings. The van der Waals surface area contributed by atoms with Gasteiger partial charge in [0.25, 0.3) is 5.91 Å². The highest BCUT2D eigenvalue weighted by atomic mass is 16.5. The van der Waals surface area contributed by atoms with Gasteiger partial charge in [0, 0.05) is 25.2 Å². The standard InChI is InChI=1S/C23H25N3O3/c27-22(21-15-19(25-26-21)16-29-20-9-5-2-6-10-20)24-17-23(11-13-28-14-12-23)18-7-3-1-4-8-18/h1-10,15H,11-14,16-17H2,(H,24,27)(H,25,26). The fourth-order valence-corrected chi connectivity index (χ4v) is 3.69. The van der Waals surface area contributed by atoms with Crippen molar-refractivity contribution in [1.82, 2.24) is 15.5 Å². The molecular formula is C23H25N3O3. The van der Waals surface area contributed by atoms with Crippen LogP contribution in [0.4, 0.5) is 0 Å². The summed E-state index contributed by atoms with van der Waals surface area (Å²) in [5.74, 6) is 0.589. The largest absolute Gasteiger partial charge is 0.487 e. The number of hydrogen-bond donors (Lipinski definition) is 2. The molecule has 1 saturated heterocycles. The van der Waals surface area contributed by atoms with Crippen LogP contribution in [0.5, 0.6) is 5.75 Å². The fraction of sp³-hybridized carbons (Fsp3) is 0.304. The number of amides is 1. The molecule has 1 aromatic heterocycles. The molecule has 4 rings (SSSR count). The molecule has 3 aromatic rings. The summed E-state index contributed by atoms with van der Waals surface area (Å²) in [7, 11) is 0. The number of ether oxygens (including phenoxy) is 2. The zero-order valence-corrected chi connectivity index (χ0v) is 16.3. The highest BCUT2D eigenvalue weighted by Crippen LogP contribution is 2.34. The van der Waals surface area contributed by atoms with E-state index in [1.807, 2.05) is 48.5 Å². The third-order valence-corrected chi connectivity index (χ3v) is 5.42. The van der Waals surface area contributed by atoms with Gasteiger partial charge in [-0.15, -0.1) is 0 Å². The summed E-state index contributed by atoms with van der Waals surface area (Å²) in [6.45, 7) is 2.29. The molecule has 2 aromatic carbocycles. The molecule has 2 N–H and O–H groups in total. The highest BCUT2D eigenvalue weighted by Gasteiger charge is 2.35. The van der Waals surface area contributed by atoms with Crippen LogP contribution in [0.3, 0.4) is 0 Å². The molecule has 0 spiro atoms. The lowest BCUT2D eigenvalue weighted by molar-refractivity contribution is 0.0486. The van der Waals surface area contributed by atoms with E-state index in [0.29, 0.717) is 32.1 Å². The minimum absolute atomic E-state index is 0.106. The minimum Gasteiger partial charge on any atom is -0.487 e. The minimum atomic E-state index is -0.186. The third kappa shape index (κ3) is 4.66. The Bertz CT molecular complexity index is 919. The molecular weight excluding hydrogens is 366 g/mol. The summed E-state index contributed by atoms with van der Waals surface area (Å²) >= 11 is 0. The number of rotatable bonds is 7. The van der Waals surface area contributed by atoms with Crippen LogP contribution < -0.4 is 10.1 Å². The molecule has 150 valence electrons. The van der Waals surface area contributed by atoms with E-state index in [-0.39, 0.29) is 11.3 Å². The Kier molecular flexibility index (Phi) is 5.91. The number of para-hydroxylation sites is 1. The van der Waals surface area contributed by atoms with Crippen molar-refractivity contribution in [3.63, 3.8) is 0 Å². The molecule has 6 nitrogen and oxygen atoms in total. The van der Waals surface area contributed by atoms with Gasteiger partial charge in [0.1, 0.15) is 18.1 Å². The Morgan fingerprint density at radius 1 is 1.07 bits per heavy atom. The molecule has 29 heavy (non-hydrogen) atoms. The van der Waals surface area contributed by atoms with Crippen LogP contribution in [-0.2, 0) is 16.8 Å². The molecule has 1 amide bonds.